The molecule has 1 fully saturated rings. The van der Waals surface area contributed by atoms with Crippen LogP contribution in [0.15, 0.2) is 12.5 Å². The number of nitrogens with zero attached hydrogens (tertiary/aromatic N) is 2. The van der Waals surface area contributed by atoms with E-state index in [1.807, 2.05) is 12.5 Å². The van der Waals surface area contributed by atoms with Crippen LogP contribution in [-0.2, 0) is 6.54 Å². The van der Waals surface area contributed by atoms with Crippen LogP contribution in [-0.4, -0.2) is 9.55 Å². The molecule has 1 heterocycles. The monoisotopic (exact) mass is 207 g/mol. The van der Waals surface area contributed by atoms with Crippen LogP contribution in [0.1, 0.15) is 44.8 Å². The topological polar surface area (TPSA) is 43.8 Å². The second-order valence-corrected chi connectivity index (χ2v) is 4.92. The summed E-state index contributed by atoms with van der Waals surface area (Å²) in [6.07, 6.45) is 7.70. The first-order valence-corrected chi connectivity index (χ1v) is 5.93. The van der Waals surface area contributed by atoms with Crippen LogP contribution in [0.25, 0.3) is 0 Å². The van der Waals surface area contributed by atoms with E-state index >= 15 is 0 Å². The minimum absolute atomic E-state index is 0.598. The zero-order valence-electron chi connectivity index (χ0n) is 9.69. The van der Waals surface area contributed by atoms with Gasteiger partial charge in [0.05, 0.1) is 12.0 Å². The van der Waals surface area contributed by atoms with Crippen molar-refractivity contribution < 1.29 is 0 Å². The third-order valence-electron chi connectivity index (χ3n) is 3.92. The van der Waals surface area contributed by atoms with E-state index in [9.17, 15) is 0 Å². The molecule has 2 rings (SSSR count). The van der Waals surface area contributed by atoms with Crippen LogP contribution in [0.3, 0.4) is 0 Å². The fourth-order valence-electron chi connectivity index (χ4n) is 2.59. The van der Waals surface area contributed by atoms with Gasteiger partial charge in [-0.2, -0.15) is 0 Å². The first-order valence-electron chi connectivity index (χ1n) is 5.93. The molecule has 0 spiro atoms. The maximum absolute atomic E-state index is 5.70. The van der Waals surface area contributed by atoms with E-state index in [2.05, 4.69) is 23.4 Å². The van der Waals surface area contributed by atoms with Crippen LogP contribution in [0.2, 0.25) is 0 Å². The summed E-state index contributed by atoms with van der Waals surface area (Å²) in [7, 11) is 0. The lowest BCUT2D eigenvalue weighted by Gasteiger charge is -2.33. The minimum Gasteiger partial charge on any atom is -0.330 e. The molecule has 3 heteroatoms. The average molecular weight is 207 g/mol. The number of rotatable bonds is 2. The highest BCUT2D eigenvalue weighted by Crippen LogP contribution is 2.36. The molecule has 0 bridgehead atoms. The van der Waals surface area contributed by atoms with Crippen molar-refractivity contribution in [1.82, 2.24) is 9.55 Å². The summed E-state index contributed by atoms with van der Waals surface area (Å²) in [5.74, 6) is 1.68. The van der Waals surface area contributed by atoms with E-state index in [4.69, 9.17) is 5.73 Å². The lowest BCUT2D eigenvalue weighted by molar-refractivity contribution is 0.208. The number of hydrogen-bond acceptors (Lipinski definition) is 2. The largest absolute Gasteiger partial charge is 0.330 e. The predicted octanol–water partition coefficient (Wildman–Crippen LogP) is 2.34. The molecule has 0 radical (unpaired) electrons. The zero-order valence-corrected chi connectivity index (χ0v) is 9.69. The molecule has 2 N–H and O–H groups in total. The van der Waals surface area contributed by atoms with Crippen molar-refractivity contribution >= 4 is 0 Å². The van der Waals surface area contributed by atoms with Gasteiger partial charge in [-0.15, -0.1) is 0 Å². The maximum atomic E-state index is 5.70. The highest BCUT2D eigenvalue weighted by molar-refractivity contribution is 5.00. The Morgan fingerprint density at radius 1 is 1.40 bits per heavy atom. The van der Waals surface area contributed by atoms with Gasteiger partial charge in [0.1, 0.15) is 0 Å². The second kappa shape index (κ2) is 4.35. The molecule has 1 saturated carbocycles. The third kappa shape index (κ3) is 2.07. The van der Waals surface area contributed by atoms with Crippen molar-refractivity contribution in [1.29, 1.82) is 0 Å². The highest BCUT2D eigenvalue weighted by Gasteiger charge is 2.26. The lowest BCUT2D eigenvalue weighted by Crippen LogP contribution is -2.24. The van der Waals surface area contributed by atoms with Crippen molar-refractivity contribution in [3.8, 4) is 0 Å². The van der Waals surface area contributed by atoms with Gasteiger partial charge < -0.3 is 10.3 Å². The quantitative estimate of drug-likeness (QED) is 0.809. The van der Waals surface area contributed by atoms with Crippen LogP contribution >= 0.6 is 0 Å². The Bertz CT molecular complexity index is 318. The molecular formula is C12H21N3. The average Bonchev–Trinajstić information content (AvgIpc) is 2.70. The van der Waals surface area contributed by atoms with Gasteiger partial charge in [-0.3, -0.25) is 0 Å². The van der Waals surface area contributed by atoms with Gasteiger partial charge in [-0.25, -0.2) is 4.98 Å². The molecule has 0 saturated heterocycles. The maximum Gasteiger partial charge on any atom is 0.0951 e. The molecule has 0 amide bonds. The molecule has 15 heavy (non-hydrogen) atoms. The summed E-state index contributed by atoms with van der Waals surface area (Å²) in [6.45, 7) is 5.31. The molecule has 1 aromatic heterocycles. The number of nitrogens with two attached hydrogens (primary N) is 1. The summed E-state index contributed by atoms with van der Waals surface area (Å²) in [6, 6.07) is 0.622. The normalized spacial score (nSPS) is 31.8. The van der Waals surface area contributed by atoms with Crippen molar-refractivity contribution in [3.05, 3.63) is 18.2 Å². The first-order chi connectivity index (χ1) is 7.22. The Hall–Kier alpha value is -0.830. The SMILES string of the molecule is CC1CCC(n2cncc2CN)CC1C. The molecule has 84 valence electrons. The van der Waals surface area contributed by atoms with Gasteiger partial charge in [0.25, 0.3) is 0 Å². The van der Waals surface area contributed by atoms with Crippen LogP contribution < -0.4 is 5.73 Å². The van der Waals surface area contributed by atoms with Crippen LogP contribution in [0, 0.1) is 11.8 Å². The Morgan fingerprint density at radius 2 is 2.20 bits per heavy atom. The van der Waals surface area contributed by atoms with E-state index in [1.165, 1.54) is 25.0 Å². The van der Waals surface area contributed by atoms with Gasteiger partial charge in [0.15, 0.2) is 0 Å². The Labute approximate surface area is 91.7 Å². The summed E-state index contributed by atoms with van der Waals surface area (Å²) in [5.41, 5.74) is 6.87. The number of aromatic nitrogens is 2. The fraction of sp³-hybridized carbons (Fsp3) is 0.750. The number of hydrogen-bond donors (Lipinski definition) is 1. The standard InChI is InChI=1S/C12H21N3/c1-9-3-4-11(5-10(9)2)15-8-14-7-12(15)6-13/h7-11H,3-6,13H2,1-2H3. The molecule has 3 unspecified atom stereocenters. The van der Waals surface area contributed by atoms with E-state index in [1.54, 1.807) is 0 Å². The van der Waals surface area contributed by atoms with Crippen molar-refractivity contribution in [2.24, 2.45) is 17.6 Å². The van der Waals surface area contributed by atoms with Gasteiger partial charge in [-0.1, -0.05) is 13.8 Å². The van der Waals surface area contributed by atoms with E-state index < -0.39 is 0 Å². The zero-order chi connectivity index (χ0) is 10.8. The van der Waals surface area contributed by atoms with Crippen molar-refractivity contribution in [2.45, 2.75) is 45.7 Å². The van der Waals surface area contributed by atoms with Crippen LogP contribution in [0.5, 0.6) is 0 Å². The summed E-state index contributed by atoms with van der Waals surface area (Å²) in [5, 5.41) is 0. The van der Waals surface area contributed by atoms with Gasteiger partial charge in [-0.05, 0) is 31.1 Å². The number of imidazole rings is 1. The molecule has 1 aliphatic carbocycles. The summed E-state index contributed by atoms with van der Waals surface area (Å²) in [4.78, 5) is 4.20. The molecule has 3 atom stereocenters. The van der Waals surface area contributed by atoms with E-state index in [-0.39, 0.29) is 0 Å². The summed E-state index contributed by atoms with van der Waals surface area (Å²) >= 11 is 0. The molecular weight excluding hydrogens is 186 g/mol. The van der Waals surface area contributed by atoms with Gasteiger partial charge in [0, 0.05) is 18.8 Å². The second-order valence-electron chi connectivity index (χ2n) is 4.92. The molecule has 1 aliphatic rings. The highest BCUT2D eigenvalue weighted by atomic mass is 15.1. The molecule has 3 nitrogen and oxygen atoms in total. The Morgan fingerprint density at radius 3 is 2.87 bits per heavy atom. The smallest absolute Gasteiger partial charge is 0.0951 e. The van der Waals surface area contributed by atoms with E-state index in [0.29, 0.717) is 12.6 Å². The van der Waals surface area contributed by atoms with Crippen molar-refractivity contribution in [3.63, 3.8) is 0 Å². The van der Waals surface area contributed by atoms with Gasteiger partial charge >= 0.3 is 0 Å². The fourth-order valence-corrected chi connectivity index (χ4v) is 2.59. The predicted molar refractivity (Wildman–Crippen MR) is 61.3 cm³/mol. The minimum atomic E-state index is 0.598. The molecule has 1 aromatic rings. The molecule has 0 aromatic carbocycles. The Kier molecular flexibility index (Phi) is 3.10. The van der Waals surface area contributed by atoms with Crippen LogP contribution in [0.4, 0.5) is 0 Å². The summed E-state index contributed by atoms with van der Waals surface area (Å²) < 4.78 is 2.28. The Balaban J connectivity index is 2.11. The van der Waals surface area contributed by atoms with Gasteiger partial charge in [0.2, 0.25) is 0 Å². The third-order valence-corrected chi connectivity index (χ3v) is 3.92. The first kappa shape index (κ1) is 10.7. The lowest BCUT2D eigenvalue weighted by atomic mass is 9.79. The molecule has 0 aliphatic heterocycles. The van der Waals surface area contributed by atoms with E-state index in [0.717, 1.165) is 11.8 Å². The van der Waals surface area contributed by atoms with Crippen molar-refractivity contribution in [2.75, 3.05) is 0 Å².